The molecule has 0 aliphatic carbocycles. The summed E-state index contributed by atoms with van der Waals surface area (Å²) in [7, 11) is 0. The van der Waals surface area contributed by atoms with Crippen LogP contribution in [0.3, 0.4) is 0 Å². The molecule has 0 rings (SSSR count). The quantitative estimate of drug-likeness (QED) is 0.516. The van der Waals surface area contributed by atoms with Gasteiger partial charge in [0.1, 0.15) is 0 Å². The first kappa shape index (κ1) is 8.00. The van der Waals surface area contributed by atoms with E-state index in [0.29, 0.717) is 0 Å². The van der Waals surface area contributed by atoms with Gasteiger partial charge in [0.15, 0.2) is 0 Å². The van der Waals surface area contributed by atoms with Gasteiger partial charge in [0.25, 0.3) is 0 Å². The van der Waals surface area contributed by atoms with Crippen LogP contribution >= 0.6 is 0 Å². The molecule has 0 bridgehead atoms. The fourth-order valence-corrected chi connectivity index (χ4v) is 0.294. The van der Waals surface area contributed by atoms with E-state index in [-0.39, 0.29) is 0 Å². The molecule has 0 aromatic heterocycles. The van der Waals surface area contributed by atoms with E-state index in [1.54, 1.807) is 19.1 Å². The second kappa shape index (κ2) is 5.14. The van der Waals surface area contributed by atoms with Crippen LogP contribution in [0, 0.1) is 11.8 Å². The van der Waals surface area contributed by atoms with E-state index in [1.165, 1.54) is 6.08 Å². The number of hydrogen-bond acceptors (Lipinski definition) is 1. The van der Waals surface area contributed by atoms with Crippen LogP contribution in [0.1, 0.15) is 6.92 Å². The Kier molecular flexibility index (Phi) is 4.57. The highest BCUT2D eigenvalue weighted by Crippen LogP contribution is 1.79. The van der Waals surface area contributed by atoms with Gasteiger partial charge in [-0.25, -0.2) is 0 Å². The van der Waals surface area contributed by atoms with Crippen molar-refractivity contribution in [2.24, 2.45) is 0 Å². The van der Waals surface area contributed by atoms with Gasteiger partial charge in [0.05, 0.1) is 6.10 Å². The molecule has 0 saturated heterocycles. The molecule has 0 aliphatic heterocycles. The lowest BCUT2D eigenvalue weighted by Crippen LogP contribution is -1.90. The standard InChI is InChI=1S/C8H10O/c1-3-4-5-6-7-8(2)9/h3,6-9H,1H2,2H3. The van der Waals surface area contributed by atoms with Crippen LogP contribution in [0.15, 0.2) is 24.8 Å². The van der Waals surface area contributed by atoms with Crippen molar-refractivity contribution in [2.75, 3.05) is 0 Å². The predicted octanol–water partition coefficient (Wildman–Crippen LogP) is 1.11. The first-order chi connectivity index (χ1) is 4.27. The van der Waals surface area contributed by atoms with Crippen molar-refractivity contribution in [3.63, 3.8) is 0 Å². The molecule has 9 heavy (non-hydrogen) atoms. The van der Waals surface area contributed by atoms with E-state index in [0.717, 1.165) is 0 Å². The van der Waals surface area contributed by atoms with Crippen molar-refractivity contribution >= 4 is 0 Å². The van der Waals surface area contributed by atoms with E-state index in [1.807, 2.05) is 0 Å². The zero-order valence-electron chi connectivity index (χ0n) is 5.46. The van der Waals surface area contributed by atoms with Crippen LogP contribution in [-0.4, -0.2) is 11.2 Å². The van der Waals surface area contributed by atoms with Crippen LogP contribution in [0.25, 0.3) is 0 Å². The predicted molar refractivity (Wildman–Crippen MR) is 38.8 cm³/mol. The third-order valence-corrected chi connectivity index (χ3v) is 0.643. The van der Waals surface area contributed by atoms with E-state index in [2.05, 4.69) is 18.4 Å². The molecule has 1 nitrogen and oxygen atoms in total. The number of rotatable bonds is 1. The summed E-state index contributed by atoms with van der Waals surface area (Å²) >= 11 is 0. The molecule has 0 heterocycles. The second-order valence-electron chi connectivity index (χ2n) is 1.59. The van der Waals surface area contributed by atoms with Crippen molar-refractivity contribution in [2.45, 2.75) is 13.0 Å². The van der Waals surface area contributed by atoms with Crippen molar-refractivity contribution in [1.29, 1.82) is 0 Å². The van der Waals surface area contributed by atoms with Crippen LogP contribution in [-0.2, 0) is 0 Å². The highest BCUT2D eigenvalue weighted by Gasteiger charge is 1.79. The number of aliphatic hydroxyl groups is 1. The van der Waals surface area contributed by atoms with E-state index < -0.39 is 6.10 Å². The van der Waals surface area contributed by atoms with Crippen LogP contribution in [0.4, 0.5) is 0 Å². The molecular formula is C8H10O. The third-order valence-electron chi connectivity index (χ3n) is 0.643. The lowest BCUT2D eigenvalue weighted by molar-refractivity contribution is 0.244. The molecule has 0 aliphatic rings. The molecular weight excluding hydrogens is 112 g/mol. The minimum absolute atomic E-state index is 0.413. The second-order valence-corrected chi connectivity index (χ2v) is 1.59. The van der Waals surface area contributed by atoms with Gasteiger partial charge in [0.2, 0.25) is 0 Å². The molecule has 1 unspecified atom stereocenters. The van der Waals surface area contributed by atoms with Crippen molar-refractivity contribution in [3.8, 4) is 11.8 Å². The number of aliphatic hydroxyl groups excluding tert-OH is 1. The molecule has 1 atom stereocenters. The average Bonchev–Trinajstić information content (AvgIpc) is 1.80. The summed E-state index contributed by atoms with van der Waals surface area (Å²) in [6, 6.07) is 0. The Labute approximate surface area is 55.7 Å². The SMILES string of the molecule is C=CC#CC=CC(C)O. The fraction of sp³-hybridized carbons (Fsp3) is 0.250. The minimum Gasteiger partial charge on any atom is -0.389 e. The molecule has 0 aromatic rings. The van der Waals surface area contributed by atoms with Crippen molar-refractivity contribution < 1.29 is 5.11 Å². The Morgan fingerprint density at radius 3 is 2.67 bits per heavy atom. The lowest BCUT2D eigenvalue weighted by atomic mass is 10.3. The summed E-state index contributed by atoms with van der Waals surface area (Å²) in [5.74, 6) is 5.28. The highest BCUT2D eigenvalue weighted by atomic mass is 16.3. The molecule has 0 fully saturated rings. The van der Waals surface area contributed by atoms with Crippen molar-refractivity contribution in [1.82, 2.24) is 0 Å². The summed E-state index contributed by atoms with van der Waals surface area (Å²) < 4.78 is 0. The van der Waals surface area contributed by atoms with Gasteiger partial charge in [-0.2, -0.15) is 0 Å². The molecule has 1 N–H and O–H groups in total. The fourth-order valence-electron chi connectivity index (χ4n) is 0.294. The number of hydrogen-bond donors (Lipinski definition) is 1. The van der Waals surface area contributed by atoms with Crippen molar-refractivity contribution in [3.05, 3.63) is 24.8 Å². The van der Waals surface area contributed by atoms with Crippen LogP contribution in [0.2, 0.25) is 0 Å². The van der Waals surface area contributed by atoms with E-state index in [4.69, 9.17) is 5.11 Å². The minimum atomic E-state index is -0.413. The molecule has 0 radical (unpaired) electrons. The van der Waals surface area contributed by atoms with E-state index >= 15 is 0 Å². The highest BCUT2D eigenvalue weighted by molar-refractivity contribution is 5.22. The maximum Gasteiger partial charge on any atom is 0.0701 e. The summed E-state index contributed by atoms with van der Waals surface area (Å²) in [4.78, 5) is 0. The molecule has 0 amide bonds. The Hall–Kier alpha value is -1.00. The zero-order valence-corrected chi connectivity index (χ0v) is 5.46. The molecule has 0 saturated carbocycles. The normalized spacial score (nSPS) is 12.2. The Balaban J connectivity index is 3.59. The van der Waals surface area contributed by atoms with Gasteiger partial charge in [-0.1, -0.05) is 18.4 Å². The zero-order chi connectivity index (χ0) is 7.11. The Morgan fingerprint density at radius 2 is 2.22 bits per heavy atom. The summed E-state index contributed by atoms with van der Waals surface area (Å²) in [6.45, 7) is 5.08. The summed E-state index contributed by atoms with van der Waals surface area (Å²) in [5, 5.41) is 8.67. The molecule has 0 aromatic carbocycles. The maximum absolute atomic E-state index is 8.67. The van der Waals surface area contributed by atoms with Gasteiger partial charge in [-0.05, 0) is 25.2 Å². The summed E-state index contributed by atoms with van der Waals surface area (Å²) in [5.41, 5.74) is 0. The molecule has 0 spiro atoms. The van der Waals surface area contributed by atoms with Crippen LogP contribution in [0.5, 0.6) is 0 Å². The smallest absolute Gasteiger partial charge is 0.0701 e. The monoisotopic (exact) mass is 122 g/mol. The molecule has 1 heteroatoms. The topological polar surface area (TPSA) is 20.2 Å². The largest absolute Gasteiger partial charge is 0.389 e. The maximum atomic E-state index is 8.67. The first-order valence-corrected chi connectivity index (χ1v) is 2.74. The number of allylic oxidation sites excluding steroid dienone is 2. The van der Waals surface area contributed by atoms with Gasteiger partial charge in [-0.3, -0.25) is 0 Å². The summed E-state index contributed by atoms with van der Waals surface area (Å²) in [6.07, 6.45) is 4.30. The first-order valence-electron chi connectivity index (χ1n) is 2.74. The van der Waals surface area contributed by atoms with Gasteiger partial charge in [-0.15, -0.1) is 0 Å². The Bertz CT molecular complexity index is 155. The van der Waals surface area contributed by atoms with Gasteiger partial charge in [0, 0.05) is 0 Å². The third kappa shape index (κ3) is 7.00. The van der Waals surface area contributed by atoms with Gasteiger partial charge < -0.3 is 5.11 Å². The lowest BCUT2D eigenvalue weighted by Gasteiger charge is -1.87. The van der Waals surface area contributed by atoms with Gasteiger partial charge >= 0.3 is 0 Å². The van der Waals surface area contributed by atoms with E-state index in [9.17, 15) is 0 Å². The average molecular weight is 122 g/mol. The van der Waals surface area contributed by atoms with Crippen LogP contribution < -0.4 is 0 Å². The Morgan fingerprint density at radius 1 is 1.56 bits per heavy atom. The molecule has 48 valence electrons.